The number of benzene rings is 1. The van der Waals surface area contributed by atoms with Crippen molar-refractivity contribution in [2.45, 2.75) is 25.3 Å². The molecule has 1 saturated heterocycles. The molecule has 4 heteroatoms. The Labute approximate surface area is 119 Å². The van der Waals surface area contributed by atoms with E-state index in [1.54, 1.807) is 0 Å². The molecule has 20 heavy (non-hydrogen) atoms. The third-order valence-electron chi connectivity index (χ3n) is 5.02. The molecule has 0 spiro atoms. The van der Waals surface area contributed by atoms with Crippen LogP contribution in [0, 0.1) is 11.8 Å². The van der Waals surface area contributed by atoms with Crippen molar-refractivity contribution in [1.29, 1.82) is 0 Å². The Morgan fingerprint density at radius 1 is 1.15 bits per heavy atom. The van der Waals surface area contributed by atoms with Gasteiger partial charge in [0.25, 0.3) is 0 Å². The Balaban J connectivity index is 1.70. The second-order valence-corrected chi connectivity index (χ2v) is 6.17. The first-order chi connectivity index (χ1) is 9.83. The maximum absolute atomic E-state index is 6.32. The van der Waals surface area contributed by atoms with Gasteiger partial charge in [-0.25, -0.2) is 0 Å². The Morgan fingerprint density at radius 2 is 2.05 bits per heavy atom. The van der Waals surface area contributed by atoms with Gasteiger partial charge in [0, 0.05) is 24.5 Å². The highest BCUT2D eigenvalue weighted by Crippen LogP contribution is 2.38. The van der Waals surface area contributed by atoms with Crippen LogP contribution >= 0.6 is 0 Å². The Morgan fingerprint density at radius 3 is 2.95 bits per heavy atom. The molecular weight excluding hydrogens is 248 g/mol. The van der Waals surface area contributed by atoms with Gasteiger partial charge in [-0.2, -0.15) is 10.2 Å². The van der Waals surface area contributed by atoms with Gasteiger partial charge >= 0.3 is 0 Å². The van der Waals surface area contributed by atoms with Crippen molar-refractivity contribution in [3.05, 3.63) is 30.5 Å². The second-order valence-electron chi connectivity index (χ2n) is 6.17. The molecule has 3 atom stereocenters. The maximum atomic E-state index is 6.32. The SMILES string of the molecule is NC1CCCC2CN(c3cnnc4ccccc34)CC12. The predicted octanol–water partition coefficient (Wildman–Crippen LogP) is 2.19. The Bertz CT molecular complexity index is 621. The summed E-state index contributed by atoms with van der Waals surface area (Å²) in [6.07, 6.45) is 5.70. The van der Waals surface area contributed by atoms with Gasteiger partial charge in [-0.05, 0) is 30.7 Å². The van der Waals surface area contributed by atoms with Crippen molar-refractivity contribution in [2.75, 3.05) is 18.0 Å². The summed E-state index contributed by atoms with van der Waals surface area (Å²) >= 11 is 0. The summed E-state index contributed by atoms with van der Waals surface area (Å²) in [5.41, 5.74) is 8.51. The molecule has 2 fully saturated rings. The van der Waals surface area contributed by atoms with Crippen molar-refractivity contribution in [2.24, 2.45) is 17.6 Å². The van der Waals surface area contributed by atoms with Crippen LogP contribution in [0.1, 0.15) is 19.3 Å². The molecule has 1 aliphatic carbocycles. The Hall–Kier alpha value is -1.68. The highest BCUT2D eigenvalue weighted by atomic mass is 15.2. The molecule has 0 amide bonds. The van der Waals surface area contributed by atoms with E-state index in [9.17, 15) is 0 Å². The lowest BCUT2D eigenvalue weighted by atomic mass is 9.78. The zero-order valence-electron chi connectivity index (χ0n) is 11.6. The molecule has 4 rings (SSSR count). The number of nitrogens with zero attached hydrogens (tertiary/aromatic N) is 3. The molecule has 4 nitrogen and oxygen atoms in total. The fourth-order valence-corrected chi connectivity index (χ4v) is 3.96. The topological polar surface area (TPSA) is 55.0 Å². The largest absolute Gasteiger partial charge is 0.369 e. The van der Waals surface area contributed by atoms with Crippen LogP contribution < -0.4 is 10.6 Å². The first-order valence-electron chi connectivity index (χ1n) is 7.54. The maximum Gasteiger partial charge on any atom is 0.0950 e. The van der Waals surface area contributed by atoms with Gasteiger partial charge in [-0.1, -0.05) is 24.6 Å². The zero-order valence-corrected chi connectivity index (χ0v) is 11.6. The lowest BCUT2D eigenvalue weighted by Crippen LogP contribution is -2.38. The molecule has 0 radical (unpaired) electrons. The van der Waals surface area contributed by atoms with E-state index in [4.69, 9.17) is 5.73 Å². The first-order valence-corrected chi connectivity index (χ1v) is 7.54. The number of hydrogen-bond acceptors (Lipinski definition) is 4. The summed E-state index contributed by atoms with van der Waals surface area (Å²) in [4.78, 5) is 2.47. The molecule has 1 aromatic carbocycles. The van der Waals surface area contributed by atoms with Gasteiger partial charge in [-0.15, -0.1) is 0 Å². The highest BCUT2D eigenvalue weighted by molar-refractivity contribution is 5.90. The van der Waals surface area contributed by atoms with E-state index in [2.05, 4.69) is 27.2 Å². The number of rotatable bonds is 1. The molecule has 2 N–H and O–H groups in total. The van der Waals surface area contributed by atoms with Crippen molar-refractivity contribution in [3.8, 4) is 0 Å². The van der Waals surface area contributed by atoms with Gasteiger partial charge in [-0.3, -0.25) is 0 Å². The molecule has 1 saturated carbocycles. The molecular formula is C16H20N4. The van der Waals surface area contributed by atoms with Crippen LogP contribution in [0.15, 0.2) is 30.5 Å². The minimum atomic E-state index is 0.375. The van der Waals surface area contributed by atoms with Gasteiger partial charge in [0.1, 0.15) is 0 Å². The Kier molecular flexibility index (Phi) is 2.84. The van der Waals surface area contributed by atoms with E-state index in [0.717, 1.165) is 24.5 Å². The van der Waals surface area contributed by atoms with Crippen LogP contribution in [-0.4, -0.2) is 29.3 Å². The molecule has 0 bridgehead atoms. The summed E-state index contributed by atoms with van der Waals surface area (Å²) in [7, 11) is 0. The third-order valence-corrected chi connectivity index (χ3v) is 5.02. The monoisotopic (exact) mass is 268 g/mol. The minimum absolute atomic E-state index is 0.375. The van der Waals surface area contributed by atoms with Gasteiger partial charge in [0.15, 0.2) is 0 Å². The van der Waals surface area contributed by atoms with E-state index < -0.39 is 0 Å². The average molecular weight is 268 g/mol. The van der Waals surface area contributed by atoms with Crippen LogP contribution in [0.3, 0.4) is 0 Å². The summed E-state index contributed by atoms with van der Waals surface area (Å²) in [5.74, 6) is 1.40. The molecule has 2 aromatic rings. The van der Waals surface area contributed by atoms with E-state index in [-0.39, 0.29) is 0 Å². The quantitative estimate of drug-likeness (QED) is 0.861. The van der Waals surface area contributed by atoms with Gasteiger partial charge in [0.2, 0.25) is 0 Å². The van der Waals surface area contributed by atoms with Crippen molar-refractivity contribution < 1.29 is 0 Å². The van der Waals surface area contributed by atoms with Crippen LogP contribution in [0.4, 0.5) is 5.69 Å². The van der Waals surface area contributed by atoms with E-state index >= 15 is 0 Å². The van der Waals surface area contributed by atoms with E-state index in [1.807, 2.05) is 18.3 Å². The lowest BCUT2D eigenvalue weighted by molar-refractivity contribution is 0.260. The third kappa shape index (κ3) is 1.86. The van der Waals surface area contributed by atoms with Crippen molar-refractivity contribution in [3.63, 3.8) is 0 Å². The normalized spacial score (nSPS) is 29.6. The standard InChI is InChI=1S/C16H20N4/c17-14-6-3-4-11-9-20(10-13(11)14)16-8-18-19-15-7-2-1-5-12(15)16/h1-2,5,7-8,11,13-14H,3-4,6,9-10,17H2. The molecule has 2 heterocycles. The van der Waals surface area contributed by atoms with Crippen molar-refractivity contribution in [1.82, 2.24) is 10.2 Å². The second kappa shape index (κ2) is 4.70. The number of fused-ring (bicyclic) bond motifs is 2. The predicted molar refractivity (Wildman–Crippen MR) is 80.6 cm³/mol. The molecule has 2 aliphatic rings. The number of aromatic nitrogens is 2. The molecule has 104 valence electrons. The fourth-order valence-electron chi connectivity index (χ4n) is 3.96. The average Bonchev–Trinajstić information content (AvgIpc) is 2.92. The number of nitrogens with two attached hydrogens (primary N) is 1. The van der Waals surface area contributed by atoms with E-state index in [0.29, 0.717) is 12.0 Å². The molecule has 1 aliphatic heterocycles. The van der Waals surface area contributed by atoms with Gasteiger partial charge < -0.3 is 10.6 Å². The highest BCUT2D eigenvalue weighted by Gasteiger charge is 2.39. The van der Waals surface area contributed by atoms with Crippen LogP contribution in [0.5, 0.6) is 0 Å². The van der Waals surface area contributed by atoms with Crippen molar-refractivity contribution >= 4 is 16.6 Å². The zero-order chi connectivity index (χ0) is 13.5. The van der Waals surface area contributed by atoms with Crippen LogP contribution in [0.2, 0.25) is 0 Å². The summed E-state index contributed by atoms with van der Waals surface area (Å²) in [6.45, 7) is 2.19. The molecule has 3 unspecified atom stereocenters. The smallest absolute Gasteiger partial charge is 0.0950 e. The van der Waals surface area contributed by atoms with Crippen LogP contribution in [0.25, 0.3) is 10.9 Å². The van der Waals surface area contributed by atoms with Gasteiger partial charge in [0.05, 0.1) is 17.4 Å². The first kappa shape index (κ1) is 12.1. The summed E-state index contributed by atoms with van der Waals surface area (Å²) in [5, 5.41) is 9.59. The summed E-state index contributed by atoms with van der Waals surface area (Å²) in [6, 6.07) is 8.63. The number of hydrogen-bond donors (Lipinski definition) is 1. The van der Waals surface area contributed by atoms with Crippen LogP contribution in [-0.2, 0) is 0 Å². The minimum Gasteiger partial charge on any atom is -0.369 e. The molecule has 1 aromatic heterocycles. The lowest BCUT2D eigenvalue weighted by Gasteiger charge is -2.29. The van der Waals surface area contributed by atoms with E-state index in [1.165, 1.54) is 30.3 Å². The summed E-state index contributed by atoms with van der Waals surface area (Å²) < 4.78 is 0. The number of anilines is 1. The fraction of sp³-hybridized carbons (Fsp3) is 0.500.